The van der Waals surface area contributed by atoms with E-state index in [1.807, 2.05) is 31.9 Å². The molecule has 0 saturated carbocycles. The number of rotatable bonds is 26. The fourth-order valence-corrected chi connectivity index (χ4v) is 3.86. The molecule has 0 fully saturated rings. The van der Waals surface area contributed by atoms with Crippen molar-refractivity contribution in [1.29, 1.82) is 0 Å². The Labute approximate surface area is 292 Å². The lowest BCUT2D eigenvalue weighted by Crippen LogP contribution is -2.57. The molecular weight excluding hydrogens is 710 g/mol. The summed E-state index contributed by atoms with van der Waals surface area (Å²) < 4.78 is 0. The number of aliphatic carboxylic acids is 6. The quantitative estimate of drug-likeness (QED) is 0.0391. The van der Waals surface area contributed by atoms with Gasteiger partial charge in [0, 0.05) is 19.3 Å². The van der Waals surface area contributed by atoms with E-state index in [2.05, 4.69) is 0 Å². The Kier molecular flexibility index (Phi) is 20.2. The SMILES string of the molecule is N[C@@H](CCC(=O)O)C(=O)NCC(=O)N[C@@H](CC(=O)O)C(=O)N[C@@H](CC(=O)O)C(=O)NCC(=O)N[C@@H](CCC(=O)O)C(=O)N[C@@H](CCC(=O)O)C(=O)O. The van der Waals surface area contributed by atoms with Gasteiger partial charge in [-0.05, 0) is 19.3 Å². The fraction of sp³-hybridized carbons (Fsp3) is 0.556. The Morgan fingerprint density at radius 2 is 0.788 bits per heavy atom. The monoisotopic (exact) mass is 749 g/mol. The van der Waals surface area contributed by atoms with Crippen LogP contribution in [0.25, 0.3) is 0 Å². The summed E-state index contributed by atoms with van der Waals surface area (Å²) in [4.78, 5) is 142. The van der Waals surface area contributed by atoms with Gasteiger partial charge in [0.25, 0.3) is 0 Å². The van der Waals surface area contributed by atoms with Crippen LogP contribution >= 0.6 is 0 Å². The van der Waals surface area contributed by atoms with Crippen LogP contribution in [-0.2, 0) is 57.5 Å². The largest absolute Gasteiger partial charge is 0.481 e. The van der Waals surface area contributed by atoms with Crippen LogP contribution in [0.4, 0.5) is 0 Å². The predicted molar refractivity (Wildman–Crippen MR) is 164 cm³/mol. The summed E-state index contributed by atoms with van der Waals surface area (Å²) in [6, 6.07) is -8.74. The summed E-state index contributed by atoms with van der Waals surface area (Å²) in [6.07, 6.45) is -5.55. The van der Waals surface area contributed by atoms with Crippen LogP contribution in [-0.4, -0.2) is 145 Å². The lowest BCUT2D eigenvalue weighted by molar-refractivity contribution is -0.144. The molecule has 0 spiro atoms. The van der Waals surface area contributed by atoms with E-state index in [1.54, 1.807) is 0 Å². The third-order valence-electron chi connectivity index (χ3n) is 6.45. The predicted octanol–water partition coefficient (Wildman–Crippen LogP) is -5.89. The molecule has 0 rings (SSSR count). The topological polar surface area (TPSA) is 424 Å². The van der Waals surface area contributed by atoms with Crippen molar-refractivity contribution < 1.29 is 88.2 Å². The lowest BCUT2D eigenvalue weighted by Gasteiger charge is -2.22. The molecule has 0 aromatic heterocycles. The minimum atomic E-state index is -2.01. The van der Waals surface area contributed by atoms with E-state index >= 15 is 0 Å². The molecule has 25 nitrogen and oxygen atoms in total. The number of carbonyl (C=O) groups is 12. The van der Waals surface area contributed by atoms with Crippen LogP contribution in [0.5, 0.6) is 0 Å². The Bertz CT molecular complexity index is 1400. The summed E-state index contributed by atoms with van der Waals surface area (Å²) in [7, 11) is 0. The van der Waals surface area contributed by atoms with Crippen molar-refractivity contribution in [2.45, 2.75) is 81.6 Å². The third-order valence-corrected chi connectivity index (χ3v) is 6.45. The molecule has 0 aliphatic rings. The molecule has 52 heavy (non-hydrogen) atoms. The van der Waals surface area contributed by atoms with Gasteiger partial charge in [-0.2, -0.15) is 0 Å². The number of nitrogens with two attached hydrogens (primary N) is 1. The van der Waals surface area contributed by atoms with Crippen molar-refractivity contribution in [2.24, 2.45) is 5.73 Å². The Morgan fingerprint density at radius 1 is 0.423 bits per heavy atom. The normalized spacial score (nSPS) is 13.3. The first-order chi connectivity index (χ1) is 24.1. The molecule has 0 unspecified atom stereocenters. The number of carboxylic acids is 6. The molecule has 14 N–H and O–H groups in total. The molecule has 0 aromatic rings. The van der Waals surface area contributed by atoms with Gasteiger partial charge in [-0.1, -0.05) is 0 Å². The van der Waals surface area contributed by atoms with Gasteiger partial charge in [-0.15, -0.1) is 0 Å². The summed E-state index contributed by atoms with van der Waals surface area (Å²) in [6.45, 7) is -1.89. The smallest absolute Gasteiger partial charge is 0.326 e. The van der Waals surface area contributed by atoms with Crippen LogP contribution in [0.1, 0.15) is 51.4 Å². The highest BCUT2D eigenvalue weighted by molar-refractivity contribution is 5.97. The zero-order valence-corrected chi connectivity index (χ0v) is 27.1. The number of carboxylic acid groups (broad SMARTS) is 6. The van der Waals surface area contributed by atoms with Gasteiger partial charge in [-0.25, -0.2) is 4.79 Å². The maximum absolute atomic E-state index is 12.8. The van der Waals surface area contributed by atoms with E-state index in [4.69, 9.17) is 21.1 Å². The zero-order chi connectivity index (χ0) is 40.1. The Balaban J connectivity index is 5.59. The molecule has 290 valence electrons. The standard InChI is InChI=1S/C27H39N7O18/c28-11(1-4-18(37)38)23(47)29-9-17(36)32-15(8-22(45)46)26(50)34-14(7-21(43)44)24(48)30-10-16(35)31-12(2-5-19(39)40)25(49)33-13(27(51)52)3-6-20(41)42/h11-15H,1-10,28H2,(H,29,47)(H,30,48)(H,31,35)(H,32,36)(H,33,49)(H,34,50)(H,37,38)(H,39,40)(H,41,42)(H,43,44)(H,45,46)(H,51,52)/t11-,12-,13-,14-,15-/m0/s1. The van der Waals surface area contributed by atoms with E-state index in [1.165, 1.54) is 0 Å². The maximum atomic E-state index is 12.8. The van der Waals surface area contributed by atoms with Crippen molar-refractivity contribution in [3.8, 4) is 0 Å². The second-order valence-corrected chi connectivity index (χ2v) is 10.7. The van der Waals surface area contributed by atoms with Gasteiger partial charge in [0.2, 0.25) is 35.4 Å². The highest BCUT2D eigenvalue weighted by Gasteiger charge is 2.31. The van der Waals surface area contributed by atoms with E-state index in [0.29, 0.717) is 0 Å². The van der Waals surface area contributed by atoms with Crippen molar-refractivity contribution in [2.75, 3.05) is 13.1 Å². The summed E-state index contributed by atoms with van der Waals surface area (Å²) in [5, 5.41) is 65.9. The lowest BCUT2D eigenvalue weighted by atomic mass is 10.1. The van der Waals surface area contributed by atoms with Crippen molar-refractivity contribution in [1.82, 2.24) is 31.9 Å². The van der Waals surface area contributed by atoms with Crippen LogP contribution in [0.3, 0.4) is 0 Å². The van der Waals surface area contributed by atoms with Gasteiger partial charge >= 0.3 is 35.8 Å². The van der Waals surface area contributed by atoms with E-state index in [0.717, 1.165) is 0 Å². The average Bonchev–Trinajstić information content (AvgIpc) is 3.03. The summed E-state index contributed by atoms with van der Waals surface area (Å²) in [5.41, 5.74) is 5.51. The van der Waals surface area contributed by atoms with Gasteiger partial charge in [-0.3, -0.25) is 52.7 Å². The molecule has 0 saturated heterocycles. The first-order valence-electron chi connectivity index (χ1n) is 14.9. The van der Waals surface area contributed by atoms with Gasteiger partial charge in [0.1, 0.15) is 24.2 Å². The summed E-state index contributed by atoms with van der Waals surface area (Å²) in [5.74, 6) is -16.3. The van der Waals surface area contributed by atoms with Crippen LogP contribution in [0.2, 0.25) is 0 Å². The van der Waals surface area contributed by atoms with Gasteiger partial charge < -0.3 is 68.3 Å². The van der Waals surface area contributed by atoms with E-state index < -0.39 is 160 Å². The molecule has 0 heterocycles. The minimum absolute atomic E-state index is 0.286. The molecule has 25 heteroatoms. The van der Waals surface area contributed by atoms with Crippen LogP contribution < -0.4 is 37.6 Å². The number of hydrogen-bond donors (Lipinski definition) is 13. The molecular formula is C27H39N7O18. The molecule has 0 aliphatic heterocycles. The third kappa shape index (κ3) is 20.2. The van der Waals surface area contributed by atoms with Gasteiger partial charge in [0.05, 0.1) is 32.0 Å². The second-order valence-electron chi connectivity index (χ2n) is 10.7. The first kappa shape index (κ1) is 45.6. The van der Waals surface area contributed by atoms with Crippen molar-refractivity contribution >= 4 is 71.3 Å². The van der Waals surface area contributed by atoms with E-state index in [-0.39, 0.29) is 6.42 Å². The van der Waals surface area contributed by atoms with Gasteiger partial charge in [0.15, 0.2) is 0 Å². The minimum Gasteiger partial charge on any atom is -0.481 e. The van der Waals surface area contributed by atoms with Crippen LogP contribution in [0, 0.1) is 0 Å². The van der Waals surface area contributed by atoms with Crippen LogP contribution in [0.15, 0.2) is 0 Å². The Morgan fingerprint density at radius 3 is 1.23 bits per heavy atom. The molecule has 6 amide bonds. The van der Waals surface area contributed by atoms with Crippen molar-refractivity contribution in [3.05, 3.63) is 0 Å². The second kappa shape index (κ2) is 23.1. The Hall–Kier alpha value is -6.40. The molecule has 0 aromatic carbocycles. The fourth-order valence-electron chi connectivity index (χ4n) is 3.86. The van der Waals surface area contributed by atoms with Crippen molar-refractivity contribution in [3.63, 3.8) is 0 Å². The maximum Gasteiger partial charge on any atom is 0.326 e. The zero-order valence-electron chi connectivity index (χ0n) is 27.1. The average molecular weight is 750 g/mol. The number of amides is 6. The highest BCUT2D eigenvalue weighted by atomic mass is 16.4. The highest BCUT2D eigenvalue weighted by Crippen LogP contribution is 2.04. The molecule has 5 atom stereocenters. The number of hydrogen-bond acceptors (Lipinski definition) is 13. The number of nitrogens with one attached hydrogen (secondary N) is 6. The van der Waals surface area contributed by atoms with E-state index in [9.17, 15) is 72.9 Å². The molecule has 0 radical (unpaired) electrons. The first-order valence-corrected chi connectivity index (χ1v) is 14.9. The number of carbonyl (C=O) groups excluding carboxylic acids is 6. The molecule has 0 bridgehead atoms. The summed E-state index contributed by atoms with van der Waals surface area (Å²) >= 11 is 0. The molecule has 0 aliphatic carbocycles.